The summed E-state index contributed by atoms with van der Waals surface area (Å²) in [6.07, 6.45) is 2.70. The van der Waals surface area contributed by atoms with E-state index in [1.165, 1.54) is 22.5 Å². The third kappa shape index (κ3) is 3.78. The van der Waals surface area contributed by atoms with Crippen molar-refractivity contribution in [2.24, 2.45) is 10.9 Å². The zero-order valence-corrected chi connectivity index (χ0v) is 12.9. The topological polar surface area (TPSA) is 108 Å². The maximum atomic E-state index is 12.4. The van der Waals surface area contributed by atoms with Crippen molar-refractivity contribution in [3.63, 3.8) is 0 Å². The summed E-state index contributed by atoms with van der Waals surface area (Å²) in [5, 5.41) is 12.0. The molecule has 116 valence electrons. The summed E-state index contributed by atoms with van der Waals surface area (Å²) in [5.41, 5.74) is 6.00. The first kappa shape index (κ1) is 15.9. The van der Waals surface area contributed by atoms with Crippen LogP contribution in [-0.2, 0) is 10.2 Å². The smallest absolute Gasteiger partial charge is 0.301 e. The van der Waals surface area contributed by atoms with E-state index >= 15 is 0 Å². The first-order valence-electron chi connectivity index (χ1n) is 6.49. The Morgan fingerprint density at radius 3 is 2.62 bits per heavy atom. The van der Waals surface area contributed by atoms with Gasteiger partial charge in [0, 0.05) is 23.7 Å². The van der Waals surface area contributed by atoms with Crippen LogP contribution in [0.3, 0.4) is 0 Å². The van der Waals surface area contributed by atoms with Crippen molar-refractivity contribution in [2.75, 3.05) is 17.8 Å². The quantitative estimate of drug-likeness (QED) is 0.336. The number of piperidine rings is 1. The van der Waals surface area contributed by atoms with Gasteiger partial charge in [0.25, 0.3) is 0 Å². The van der Waals surface area contributed by atoms with Crippen LogP contribution in [0.25, 0.3) is 0 Å². The van der Waals surface area contributed by atoms with Crippen LogP contribution in [0.2, 0.25) is 5.02 Å². The van der Waals surface area contributed by atoms with E-state index in [-0.39, 0.29) is 17.1 Å². The van der Waals surface area contributed by atoms with Gasteiger partial charge >= 0.3 is 10.2 Å². The minimum atomic E-state index is -3.68. The Balaban J connectivity index is 2.31. The van der Waals surface area contributed by atoms with Crippen molar-refractivity contribution in [3.8, 4) is 0 Å². The van der Waals surface area contributed by atoms with Gasteiger partial charge in [-0.1, -0.05) is 23.2 Å². The van der Waals surface area contributed by atoms with Crippen molar-refractivity contribution >= 4 is 33.3 Å². The van der Waals surface area contributed by atoms with Gasteiger partial charge in [0.1, 0.15) is 0 Å². The molecule has 0 aliphatic carbocycles. The van der Waals surface area contributed by atoms with Crippen molar-refractivity contribution in [2.45, 2.75) is 19.3 Å². The van der Waals surface area contributed by atoms with Gasteiger partial charge in [0.15, 0.2) is 5.84 Å². The molecule has 4 N–H and O–H groups in total. The number of nitrogens with zero attached hydrogens (tertiary/aromatic N) is 2. The minimum absolute atomic E-state index is 0.184. The molecule has 21 heavy (non-hydrogen) atoms. The van der Waals surface area contributed by atoms with E-state index in [4.69, 9.17) is 22.5 Å². The molecular weight excluding hydrogens is 316 g/mol. The fourth-order valence-electron chi connectivity index (χ4n) is 2.19. The summed E-state index contributed by atoms with van der Waals surface area (Å²) in [7, 11) is -3.68. The number of nitrogens with one attached hydrogen (secondary N) is 1. The Hall–Kier alpha value is -1.51. The predicted octanol–water partition coefficient (Wildman–Crippen LogP) is 1.58. The van der Waals surface area contributed by atoms with Gasteiger partial charge in [-0.25, -0.2) is 0 Å². The van der Waals surface area contributed by atoms with Crippen LogP contribution in [0.1, 0.15) is 24.8 Å². The molecule has 0 atom stereocenters. The first-order chi connectivity index (χ1) is 9.94. The predicted molar refractivity (Wildman–Crippen MR) is 81.9 cm³/mol. The number of nitrogens with two attached hydrogens (primary N) is 1. The van der Waals surface area contributed by atoms with E-state index in [2.05, 4.69) is 9.88 Å². The highest BCUT2D eigenvalue weighted by Crippen LogP contribution is 2.24. The lowest BCUT2D eigenvalue weighted by molar-refractivity contribution is 0.318. The second-order valence-corrected chi connectivity index (χ2v) is 6.85. The van der Waals surface area contributed by atoms with Gasteiger partial charge in [-0.15, -0.1) is 0 Å². The summed E-state index contributed by atoms with van der Waals surface area (Å²) < 4.78 is 28.6. The monoisotopic (exact) mass is 332 g/mol. The summed E-state index contributed by atoms with van der Waals surface area (Å²) in [6.45, 7) is 0.962. The fourth-order valence-corrected chi connectivity index (χ4v) is 3.67. The molecule has 0 bridgehead atoms. The molecule has 9 heteroatoms. The Kier molecular flexibility index (Phi) is 4.92. The van der Waals surface area contributed by atoms with Crippen LogP contribution in [0.5, 0.6) is 0 Å². The normalized spacial score (nSPS) is 17.7. The first-order valence-corrected chi connectivity index (χ1v) is 8.31. The van der Waals surface area contributed by atoms with E-state index in [0.717, 1.165) is 19.3 Å². The van der Waals surface area contributed by atoms with Crippen molar-refractivity contribution < 1.29 is 13.6 Å². The summed E-state index contributed by atoms with van der Waals surface area (Å²) in [6, 6.07) is 4.45. The third-order valence-electron chi connectivity index (χ3n) is 3.26. The van der Waals surface area contributed by atoms with E-state index in [9.17, 15) is 8.42 Å². The molecule has 1 aliphatic rings. The lowest BCUT2D eigenvalue weighted by Crippen LogP contribution is -2.39. The molecule has 1 aromatic carbocycles. The molecule has 0 amide bonds. The lowest BCUT2D eigenvalue weighted by Gasteiger charge is -2.26. The highest BCUT2D eigenvalue weighted by atomic mass is 35.5. The average Bonchev–Trinajstić information content (AvgIpc) is 2.47. The molecule has 0 aromatic heterocycles. The van der Waals surface area contributed by atoms with Crippen molar-refractivity contribution in [1.29, 1.82) is 0 Å². The Morgan fingerprint density at radius 2 is 2.00 bits per heavy atom. The van der Waals surface area contributed by atoms with E-state index in [1.54, 1.807) is 0 Å². The number of rotatable bonds is 4. The van der Waals surface area contributed by atoms with Crippen LogP contribution in [-0.4, -0.2) is 36.9 Å². The Morgan fingerprint density at radius 1 is 1.33 bits per heavy atom. The SMILES string of the molecule is NC(=NO)c1ccc(Cl)cc1NS(=O)(=O)N1CCCCC1. The number of hydrogen-bond acceptors (Lipinski definition) is 4. The summed E-state index contributed by atoms with van der Waals surface area (Å²) in [5.74, 6) is -0.192. The maximum absolute atomic E-state index is 12.4. The highest BCUT2D eigenvalue weighted by Gasteiger charge is 2.25. The highest BCUT2D eigenvalue weighted by molar-refractivity contribution is 7.90. The molecule has 1 saturated heterocycles. The van der Waals surface area contributed by atoms with Crippen LogP contribution < -0.4 is 10.5 Å². The van der Waals surface area contributed by atoms with Gasteiger partial charge in [0.2, 0.25) is 0 Å². The van der Waals surface area contributed by atoms with Crippen LogP contribution in [0, 0.1) is 0 Å². The number of benzene rings is 1. The summed E-state index contributed by atoms with van der Waals surface area (Å²) >= 11 is 5.89. The molecule has 0 spiro atoms. The van der Waals surface area contributed by atoms with Gasteiger partial charge in [0.05, 0.1) is 5.69 Å². The number of anilines is 1. The fraction of sp³-hybridized carbons (Fsp3) is 0.417. The molecule has 0 unspecified atom stereocenters. The molecule has 7 nitrogen and oxygen atoms in total. The molecule has 0 saturated carbocycles. The van der Waals surface area contributed by atoms with Gasteiger partial charge in [-0.2, -0.15) is 12.7 Å². The molecule has 1 fully saturated rings. The second-order valence-electron chi connectivity index (χ2n) is 4.74. The molecule has 2 rings (SSSR count). The molecule has 0 radical (unpaired) electrons. The average molecular weight is 333 g/mol. The minimum Gasteiger partial charge on any atom is -0.409 e. The van der Waals surface area contributed by atoms with E-state index in [0.29, 0.717) is 18.1 Å². The van der Waals surface area contributed by atoms with Crippen molar-refractivity contribution in [3.05, 3.63) is 28.8 Å². The summed E-state index contributed by atoms with van der Waals surface area (Å²) in [4.78, 5) is 0. The molecular formula is C12H17ClN4O3S. The van der Waals surface area contributed by atoms with E-state index in [1.807, 2.05) is 0 Å². The van der Waals surface area contributed by atoms with Crippen LogP contribution >= 0.6 is 11.6 Å². The van der Waals surface area contributed by atoms with Gasteiger partial charge in [-0.3, -0.25) is 4.72 Å². The second kappa shape index (κ2) is 6.50. The number of halogens is 1. The van der Waals surface area contributed by atoms with Crippen LogP contribution in [0.4, 0.5) is 5.69 Å². The van der Waals surface area contributed by atoms with Crippen molar-refractivity contribution in [1.82, 2.24) is 4.31 Å². The maximum Gasteiger partial charge on any atom is 0.301 e. The van der Waals surface area contributed by atoms with Gasteiger partial charge in [-0.05, 0) is 31.0 Å². The Bertz CT molecular complexity index is 642. The zero-order chi connectivity index (χ0) is 15.5. The molecule has 1 aromatic rings. The standard InChI is InChI=1S/C12H17ClN4O3S/c13-9-4-5-10(12(14)15-18)11(8-9)16-21(19,20)17-6-2-1-3-7-17/h4-5,8,16,18H,1-3,6-7H2,(H2,14,15). The lowest BCUT2D eigenvalue weighted by atomic mass is 10.1. The van der Waals surface area contributed by atoms with E-state index < -0.39 is 10.2 Å². The number of oxime groups is 1. The van der Waals surface area contributed by atoms with Crippen LogP contribution in [0.15, 0.2) is 23.4 Å². The Labute approximate surface area is 128 Å². The number of amidine groups is 1. The largest absolute Gasteiger partial charge is 0.409 e. The molecule has 1 aliphatic heterocycles. The third-order valence-corrected chi connectivity index (χ3v) is 5.02. The van der Waals surface area contributed by atoms with Gasteiger partial charge < -0.3 is 10.9 Å². The zero-order valence-electron chi connectivity index (χ0n) is 11.3. The number of hydrogen-bond donors (Lipinski definition) is 3. The molecule has 1 heterocycles.